The van der Waals surface area contributed by atoms with Crippen LogP contribution in [0.25, 0.3) is 0 Å². The Balaban J connectivity index is 2.04. The van der Waals surface area contributed by atoms with Crippen molar-refractivity contribution in [2.75, 3.05) is 18.0 Å². The number of nitrogens with one attached hydrogen (secondary N) is 1. The Kier molecular flexibility index (Phi) is 10.6. The Morgan fingerprint density at radius 2 is 1.62 bits per heavy atom. The van der Waals surface area contributed by atoms with Crippen LogP contribution in [0.15, 0.2) is 76.1 Å². The minimum atomic E-state index is -4.20. The zero-order valence-electron chi connectivity index (χ0n) is 23.0. The predicted octanol–water partition coefficient (Wildman–Crippen LogP) is 5.56. The topological polar surface area (TPSA) is 96.0 Å². The summed E-state index contributed by atoms with van der Waals surface area (Å²) >= 11 is 9.39. The first-order chi connectivity index (χ1) is 18.8. The van der Waals surface area contributed by atoms with Crippen molar-refractivity contribution in [2.45, 2.75) is 51.2 Å². The van der Waals surface area contributed by atoms with Gasteiger partial charge in [0.05, 0.1) is 22.2 Å². The van der Waals surface area contributed by atoms with Gasteiger partial charge in [-0.15, -0.1) is 0 Å². The van der Waals surface area contributed by atoms with Crippen molar-refractivity contribution in [3.05, 3.63) is 87.4 Å². The summed E-state index contributed by atoms with van der Waals surface area (Å²) in [6, 6.07) is 17.2. The van der Waals surface area contributed by atoms with Gasteiger partial charge in [-0.25, -0.2) is 8.42 Å². The molecule has 3 rings (SSSR count). The molecule has 0 fully saturated rings. The Morgan fingerprint density at radius 1 is 1.00 bits per heavy atom. The van der Waals surface area contributed by atoms with Gasteiger partial charge in [-0.3, -0.25) is 13.9 Å². The molecular weight excluding hydrogens is 618 g/mol. The van der Waals surface area contributed by atoms with Crippen molar-refractivity contribution in [1.82, 2.24) is 10.2 Å². The van der Waals surface area contributed by atoms with Crippen LogP contribution in [0.1, 0.15) is 31.9 Å². The molecule has 0 spiro atoms. The second-order valence-corrected chi connectivity index (χ2v) is 12.8. The Morgan fingerprint density at radius 3 is 2.17 bits per heavy atom. The largest absolute Gasteiger partial charge is 0.496 e. The first-order valence-electron chi connectivity index (χ1n) is 12.6. The number of rotatable bonds is 11. The van der Waals surface area contributed by atoms with Crippen LogP contribution < -0.4 is 14.4 Å². The molecule has 0 radical (unpaired) electrons. The van der Waals surface area contributed by atoms with E-state index < -0.39 is 28.5 Å². The molecule has 40 heavy (non-hydrogen) atoms. The zero-order valence-corrected chi connectivity index (χ0v) is 26.2. The summed E-state index contributed by atoms with van der Waals surface area (Å²) in [7, 11) is -2.72. The molecule has 3 aromatic carbocycles. The van der Waals surface area contributed by atoms with Crippen LogP contribution in [-0.2, 0) is 26.2 Å². The zero-order chi connectivity index (χ0) is 29.6. The molecular formula is C29H33BrClN3O5S. The van der Waals surface area contributed by atoms with Gasteiger partial charge in [-0.05, 0) is 91.7 Å². The lowest BCUT2D eigenvalue weighted by Gasteiger charge is -2.32. The fourth-order valence-corrected chi connectivity index (χ4v) is 6.21. The van der Waals surface area contributed by atoms with E-state index in [0.717, 1.165) is 15.4 Å². The van der Waals surface area contributed by atoms with E-state index >= 15 is 0 Å². The number of halogens is 2. The maximum atomic E-state index is 14.0. The first-order valence-corrected chi connectivity index (χ1v) is 15.2. The monoisotopic (exact) mass is 649 g/mol. The van der Waals surface area contributed by atoms with Crippen molar-refractivity contribution in [1.29, 1.82) is 0 Å². The Hall–Kier alpha value is -3.08. The van der Waals surface area contributed by atoms with E-state index in [1.807, 2.05) is 20.8 Å². The summed E-state index contributed by atoms with van der Waals surface area (Å²) in [5.74, 6) is -0.421. The molecule has 214 valence electrons. The third-order valence-electron chi connectivity index (χ3n) is 6.18. The number of nitrogens with zero attached hydrogens (tertiary/aromatic N) is 2. The minimum absolute atomic E-state index is 0.0246. The lowest BCUT2D eigenvalue weighted by molar-refractivity contribution is -0.139. The number of methoxy groups -OCH3 is 1. The van der Waals surface area contributed by atoms with Gasteiger partial charge < -0.3 is 15.0 Å². The predicted molar refractivity (Wildman–Crippen MR) is 161 cm³/mol. The number of anilines is 1. The van der Waals surface area contributed by atoms with Gasteiger partial charge in [0.15, 0.2) is 0 Å². The third kappa shape index (κ3) is 7.77. The molecule has 0 aliphatic heterocycles. The molecule has 0 bridgehead atoms. The van der Waals surface area contributed by atoms with E-state index in [2.05, 4.69) is 21.2 Å². The molecule has 1 N–H and O–H groups in total. The van der Waals surface area contributed by atoms with Crippen molar-refractivity contribution < 1.29 is 22.7 Å². The van der Waals surface area contributed by atoms with Crippen LogP contribution in [0.4, 0.5) is 5.69 Å². The van der Waals surface area contributed by atoms with Crippen LogP contribution in [-0.4, -0.2) is 50.9 Å². The molecule has 3 aromatic rings. The van der Waals surface area contributed by atoms with Crippen LogP contribution in [0, 0.1) is 6.92 Å². The summed E-state index contributed by atoms with van der Waals surface area (Å²) in [5.41, 5.74) is 1.99. The van der Waals surface area contributed by atoms with Gasteiger partial charge in [-0.1, -0.05) is 41.4 Å². The number of carbonyl (C=O) groups is 2. The molecule has 0 saturated carbocycles. The number of sulfonamides is 1. The highest BCUT2D eigenvalue weighted by atomic mass is 79.9. The van der Waals surface area contributed by atoms with Crippen molar-refractivity contribution in [2.24, 2.45) is 0 Å². The van der Waals surface area contributed by atoms with Gasteiger partial charge in [0, 0.05) is 17.6 Å². The number of hydrogen-bond acceptors (Lipinski definition) is 5. The lowest BCUT2D eigenvalue weighted by Crippen LogP contribution is -2.52. The van der Waals surface area contributed by atoms with E-state index in [1.54, 1.807) is 55.5 Å². The fourth-order valence-electron chi connectivity index (χ4n) is 3.95. The van der Waals surface area contributed by atoms with Gasteiger partial charge in [-0.2, -0.15) is 0 Å². The average Bonchev–Trinajstić information content (AvgIpc) is 2.91. The third-order valence-corrected chi connectivity index (χ3v) is 8.82. The second kappa shape index (κ2) is 13.5. The summed E-state index contributed by atoms with van der Waals surface area (Å²) in [5, 5.41) is 3.37. The first kappa shape index (κ1) is 31.4. The maximum Gasteiger partial charge on any atom is 0.264 e. The Labute approximate surface area is 249 Å². The number of benzene rings is 3. The van der Waals surface area contributed by atoms with E-state index in [9.17, 15) is 18.0 Å². The molecule has 0 saturated heterocycles. The molecule has 1 atom stereocenters. The molecule has 11 heteroatoms. The van der Waals surface area contributed by atoms with E-state index in [0.29, 0.717) is 20.9 Å². The number of carbonyl (C=O) groups excluding carboxylic acids is 2. The highest BCUT2D eigenvalue weighted by Crippen LogP contribution is 2.31. The fraction of sp³-hybridized carbons (Fsp3) is 0.310. The molecule has 8 nitrogen and oxygen atoms in total. The molecule has 2 amide bonds. The lowest BCUT2D eigenvalue weighted by atomic mass is 10.1. The van der Waals surface area contributed by atoms with Gasteiger partial charge in [0.25, 0.3) is 10.0 Å². The summed E-state index contributed by atoms with van der Waals surface area (Å²) < 4.78 is 34.7. The Bertz CT molecular complexity index is 1450. The number of aryl methyl sites for hydroxylation is 1. The normalized spacial score (nSPS) is 12.1. The van der Waals surface area contributed by atoms with Crippen molar-refractivity contribution >= 4 is 55.1 Å². The highest BCUT2D eigenvalue weighted by molar-refractivity contribution is 9.10. The van der Waals surface area contributed by atoms with Crippen LogP contribution in [0.5, 0.6) is 5.75 Å². The molecule has 1 unspecified atom stereocenters. The van der Waals surface area contributed by atoms with Crippen molar-refractivity contribution in [3.8, 4) is 5.75 Å². The summed E-state index contributed by atoms with van der Waals surface area (Å²) in [4.78, 5) is 28.3. The maximum absolute atomic E-state index is 14.0. The molecule has 0 heterocycles. The van der Waals surface area contributed by atoms with Crippen LogP contribution in [0.3, 0.4) is 0 Å². The SMILES string of the molecule is COc1ccc(S(=O)(=O)N(CC(=O)N(Cc2ccc(Cl)cc2)C(C)C(=O)NC(C)C)c2ccc(C)cc2)cc1Br. The smallest absolute Gasteiger partial charge is 0.264 e. The number of hydrogen-bond donors (Lipinski definition) is 1. The molecule has 0 aliphatic carbocycles. The van der Waals surface area contributed by atoms with Crippen molar-refractivity contribution in [3.63, 3.8) is 0 Å². The standard InChI is InChI=1S/C29H33BrClN3O5S/c1-19(2)32-29(36)21(4)33(17-22-8-10-23(31)11-9-22)28(35)18-34(24-12-6-20(3)7-13-24)40(37,38)25-14-15-27(39-5)26(30)16-25/h6-16,19,21H,17-18H2,1-5H3,(H,32,36). The van der Waals surface area contributed by atoms with Crippen LogP contribution in [0.2, 0.25) is 5.02 Å². The van der Waals surface area contributed by atoms with Gasteiger partial charge in [0.2, 0.25) is 11.8 Å². The van der Waals surface area contributed by atoms with Gasteiger partial charge >= 0.3 is 0 Å². The second-order valence-electron chi connectivity index (χ2n) is 9.63. The van der Waals surface area contributed by atoms with E-state index in [1.165, 1.54) is 30.2 Å². The van der Waals surface area contributed by atoms with Gasteiger partial charge in [0.1, 0.15) is 18.3 Å². The summed E-state index contributed by atoms with van der Waals surface area (Å²) in [6.45, 7) is 6.72. The molecule has 0 aromatic heterocycles. The van der Waals surface area contributed by atoms with E-state index in [-0.39, 0.29) is 23.4 Å². The van der Waals surface area contributed by atoms with E-state index in [4.69, 9.17) is 16.3 Å². The van der Waals surface area contributed by atoms with Crippen LogP contribution >= 0.6 is 27.5 Å². The average molecular weight is 651 g/mol. The molecule has 0 aliphatic rings. The highest BCUT2D eigenvalue weighted by Gasteiger charge is 2.33. The number of ether oxygens (including phenoxy) is 1. The quantitative estimate of drug-likeness (QED) is 0.293. The summed E-state index contributed by atoms with van der Waals surface area (Å²) in [6.07, 6.45) is 0. The minimum Gasteiger partial charge on any atom is -0.496 e. The number of amides is 2.